The summed E-state index contributed by atoms with van der Waals surface area (Å²) in [5.41, 5.74) is 4.59. The first-order chi connectivity index (χ1) is 15.6. The Hall–Kier alpha value is -2.92. The number of pyridine rings is 1. The van der Waals surface area contributed by atoms with Crippen LogP contribution in [-0.2, 0) is 9.53 Å². The standard InChI is InChI=1S/C27H30N2O3/c1-18-17-23(13-15-29(18)27(30)25-6-4-16-31-25)32-22-10-7-20(8-11-22)24-12-9-21-5-3-14-28-26(21)19(24)2/h3,5,7-12,14,18,23,25H,4,6,13,15-17H2,1-2H3/t18-,23+,25-/m1/s1. The predicted octanol–water partition coefficient (Wildman–Crippen LogP) is 5.15. The van der Waals surface area contributed by atoms with Gasteiger partial charge in [0, 0.05) is 43.6 Å². The monoisotopic (exact) mass is 430 g/mol. The van der Waals surface area contributed by atoms with Gasteiger partial charge in [-0.3, -0.25) is 9.78 Å². The smallest absolute Gasteiger partial charge is 0.251 e. The Morgan fingerprint density at radius 3 is 2.72 bits per heavy atom. The normalized spacial score (nSPS) is 23.4. The van der Waals surface area contributed by atoms with Crippen LogP contribution in [0.4, 0.5) is 0 Å². The first-order valence-corrected chi connectivity index (χ1v) is 11.6. The van der Waals surface area contributed by atoms with Crippen LogP contribution in [0.15, 0.2) is 54.7 Å². The number of carbonyl (C=O) groups excluding carboxylic acids is 1. The van der Waals surface area contributed by atoms with E-state index in [0.29, 0.717) is 6.61 Å². The summed E-state index contributed by atoms with van der Waals surface area (Å²) in [6.45, 7) is 5.67. The molecule has 2 aliphatic rings. The Bertz CT molecular complexity index is 1110. The molecular weight excluding hydrogens is 400 g/mol. The minimum Gasteiger partial charge on any atom is -0.490 e. The van der Waals surface area contributed by atoms with Gasteiger partial charge in [-0.1, -0.05) is 30.3 Å². The summed E-state index contributed by atoms with van der Waals surface area (Å²) >= 11 is 0. The van der Waals surface area contributed by atoms with Gasteiger partial charge in [0.25, 0.3) is 5.91 Å². The molecule has 2 aliphatic heterocycles. The first-order valence-electron chi connectivity index (χ1n) is 11.6. The van der Waals surface area contributed by atoms with Crippen LogP contribution >= 0.6 is 0 Å². The van der Waals surface area contributed by atoms with Crippen molar-refractivity contribution in [1.29, 1.82) is 0 Å². The molecule has 2 aromatic carbocycles. The van der Waals surface area contributed by atoms with Crippen LogP contribution in [0.2, 0.25) is 0 Å². The number of hydrogen-bond donors (Lipinski definition) is 0. The third-order valence-corrected chi connectivity index (χ3v) is 6.81. The zero-order chi connectivity index (χ0) is 22.1. The van der Waals surface area contributed by atoms with Gasteiger partial charge in [0.1, 0.15) is 18.0 Å². The molecule has 5 rings (SSSR count). The predicted molar refractivity (Wildman–Crippen MR) is 126 cm³/mol. The summed E-state index contributed by atoms with van der Waals surface area (Å²) in [4.78, 5) is 19.2. The van der Waals surface area contributed by atoms with E-state index in [0.717, 1.165) is 54.4 Å². The van der Waals surface area contributed by atoms with E-state index >= 15 is 0 Å². The van der Waals surface area contributed by atoms with Gasteiger partial charge in [0.2, 0.25) is 0 Å². The molecule has 0 N–H and O–H groups in total. The number of piperidine rings is 1. The molecule has 0 spiro atoms. The molecule has 2 fully saturated rings. The van der Waals surface area contributed by atoms with Crippen LogP contribution in [0.1, 0.15) is 38.2 Å². The molecule has 1 amide bonds. The minimum atomic E-state index is -0.240. The number of likely N-dealkylation sites (tertiary alicyclic amines) is 1. The number of nitrogens with zero attached hydrogens (tertiary/aromatic N) is 2. The van der Waals surface area contributed by atoms with E-state index in [9.17, 15) is 4.79 Å². The quantitative estimate of drug-likeness (QED) is 0.575. The summed E-state index contributed by atoms with van der Waals surface area (Å²) in [5.74, 6) is 1.03. The average molecular weight is 431 g/mol. The fourth-order valence-electron chi connectivity index (χ4n) is 5.03. The summed E-state index contributed by atoms with van der Waals surface area (Å²) in [7, 11) is 0. The van der Waals surface area contributed by atoms with Crippen molar-refractivity contribution >= 4 is 16.8 Å². The summed E-state index contributed by atoms with van der Waals surface area (Å²) < 4.78 is 11.9. The third kappa shape index (κ3) is 4.09. The van der Waals surface area contributed by atoms with Crippen LogP contribution < -0.4 is 4.74 Å². The highest BCUT2D eigenvalue weighted by atomic mass is 16.5. The molecule has 3 atom stereocenters. The van der Waals surface area contributed by atoms with Gasteiger partial charge in [-0.2, -0.15) is 0 Å². The highest BCUT2D eigenvalue weighted by Crippen LogP contribution is 2.31. The molecule has 3 aromatic rings. The van der Waals surface area contributed by atoms with Crippen LogP contribution in [0.3, 0.4) is 0 Å². The van der Waals surface area contributed by atoms with Crippen molar-refractivity contribution < 1.29 is 14.3 Å². The number of aryl methyl sites for hydroxylation is 1. The van der Waals surface area contributed by atoms with Gasteiger partial charge in [0.15, 0.2) is 0 Å². The Morgan fingerprint density at radius 1 is 1.12 bits per heavy atom. The Balaban J connectivity index is 1.24. The van der Waals surface area contributed by atoms with Gasteiger partial charge >= 0.3 is 0 Å². The lowest BCUT2D eigenvalue weighted by atomic mass is 9.97. The van der Waals surface area contributed by atoms with Crippen molar-refractivity contribution in [3.63, 3.8) is 0 Å². The number of fused-ring (bicyclic) bond motifs is 1. The molecule has 166 valence electrons. The first kappa shape index (κ1) is 21.0. The second-order valence-corrected chi connectivity index (χ2v) is 8.98. The van der Waals surface area contributed by atoms with Crippen LogP contribution in [-0.4, -0.2) is 47.2 Å². The minimum absolute atomic E-state index is 0.121. The fourth-order valence-corrected chi connectivity index (χ4v) is 5.03. The maximum absolute atomic E-state index is 12.7. The van der Waals surface area contributed by atoms with Crippen LogP contribution in [0.25, 0.3) is 22.0 Å². The van der Waals surface area contributed by atoms with Crippen molar-refractivity contribution in [2.45, 2.75) is 57.8 Å². The Labute approximate surface area is 189 Å². The second kappa shape index (κ2) is 8.91. The number of ether oxygens (including phenoxy) is 2. The van der Waals surface area contributed by atoms with Crippen molar-refractivity contribution in [3.8, 4) is 16.9 Å². The molecule has 0 radical (unpaired) electrons. The third-order valence-electron chi connectivity index (χ3n) is 6.81. The van der Waals surface area contributed by atoms with E-state index in [4.69, 9.17) is 9.47 Å². The molecular formula is C27H30N2O3. The highest BCUT2D eigenvalue weighted by Gasteiger charge is 2.35. The summed E-state index contributed by atoms with van der Waals surface area (Å²) in [6.07, 6.45) is 5.25. The number of rotatable bonds is 4. The molecule has 3 heterocycles. The van der Waals surface area contributed by atoms with E-state index < -0.39 is 0 Å². The second-order valence-electron chi connectivity index (χ2n) is 8.98. The fraction of sp³-hybridized carbons (Fsp3) is 0.407. The van der Waals surface area contributed by atoms with Crippen molar-refractivity contribution in [3.05, 3.63) is 60.3 Å². The van der Waals surface area contributed by atoms with Crippen molar-refractivity contribution in [2.24, 2.45) is 0 Å². The molecule has 0 unspecified atom stereocenters. The number of aromatic nitrogens is 1. The molecule has 5 nitrogen and oxygen atoms in total. The largest absolute Gasteiger partial charge is 0.490 e. The van der Waals surface area contributed by atoms with E-state index in [-0.39, 0.29) is 24.2 Å². The SMILES string of the molecule is Cc1c(-c2ccc(O[C@H]3CCN(C(=O)[C@H]4CCCO4)[C@H](C)C3)cc2)ccc2cccnc12. The molecule has 5 heteroatoms. The Kier molecular flexibility index (Phi) is 5.83. The molecule has 0 aliphatic carbocycles. The van der Waals surface area contributed by atoms with E-state index in [1.54, 1.807) is 0 Å². The van der Waals surface area contributed by atoms with Gasteiger partial charge in [0.05, 0.1) is 5.52 Å². The zero-order valence-electron chi connectivity index (χ0n) is 18.8. The van der Waals surface area contributed by atoms with Gasteiger partial charge in [-0.15, -0.1) is 0 Å². The van der Waals surface area contributed by atoms with Gasteiger partial charge < -0.3 is 14.4 Å². The lowest BCUT2D eigenvalue weighted by Crippen LogP contribution is -2.50. The number of amides is 1. The van der Waals surface area contributed by atoms with Crippen LogP contribution in [0.5, 0.6) is 5.75 Å². The van der Waals surface area contributed by atoms with E-state index in [1.165, 1.54) is 11.1 Å². The number of benzene rings is 2. The molecule has 2 saturated heterocycles. The average Bonchev–Trinajstić information content (AvgIpc) is 3.35. The molecule has 0 bridgehead atoms. The topological polar surface area (TPSA) is 51.7 Å². The Morgan fingerprint density at radius 2 is 1.97 bits per heavy atom. The molecule has 0 saturated carbocycles. The maximum atomic E-state index is 12.7. The van der Waals surface area contributed by atoms with E-state index in [2.05, 4.69) is 49.2 Å². The van der Waals surface area contributed by atoms with Crippen LogP contribution in [0, 0.1) is 6.92 Å². The lowest BCUT2D eigenvalue weighted by molar-refractivity contribution is -0.145. The van der Waals surface area contributed by atoms with Gasteiger partial charge in [-0.05, 0) is 61.6 Å². The van der Waals surface area contributed by atoms with E-state index in [1.807, 2.05) is 29.3 Å². The zero-order valence-corrected chi connectivity index (χ0v) is 18.8. The summed E-state index contributed by atoms with van der Waals surface area (Å²) in [5, 5.41) is 1.16. The number of carbonyl (C=O) groups is 1. The van der Waals surface area contributed by atoms with Crippen molar-refractivity contribution in [2.75, 3.05) is 13.2 Å². The van der Waals surface area contributed by atoms with Crippen molar-refractivity contribution in [1.82, 2.24) is 9.88 Å². The highest BCUT2D eigenvalue weighted by molar-refractivity contribution is 5.88. The maximum Gasteiger partial charge on any atom is 0.251 e. The number of hydrogen-bond acceptors (Lipinski definition) is 4. The summed E-state index contributed by atoms with van der Waals surface area (Å²) in [6, 6.07) is 16.8. The molecule has 32 heavy (non-hydrogen) atoms. The molecule has 1 aromatic heterocycles. The van der Waals surface area contributed by atoms with Gasteiger partial charge in [-0.25, -0.2) is 0 Å². The lowest BCUT2D eigenvalue weighted by Gasteiger charge is -2.38.